The lowest BCUT2D eigenvalue weighted by Crippen LogP contribution is -2.36. The smallest absolute Gasteiger partial charge is 0.325 e. The number of benzene rings is 2. The third kappa shape index (κ3) is 4.77. The third-order valence-corrected chi connectivity index (χ3v) is 7.41. The minimum Gasteiger partial charge on any atom is -0.325 e. The van der Waals surface area contributed by atoms with Crippen LogP contribution in [0.2, 0.25) is 0 Å². The zero-order valence-corrected chi connectivity index (χ0v) is 18.2. The number of amides is 1. The lowest BCUT2D eigenvalue weighted by molar-refractivity contribution is -0.116. The molecule has 0 saturated carbocycles. The fraction of sp³-hybridized carbons (Fsp3) is 0.318. The van der Waals surface area contributed by atoms with E-state index in [9.17, 15) is 22.7 Å². The van der Waals surface area contributed by atoms with E-state index in [1.807, 2.05) is 0 Å². The molecule has 0 spiro atoms. The Hall–Kier alpha value is -2.95. The lowest BCUT2D eigenvalue weighted by atomic mass is 10.2. The summed E-state index contributed by atoms with van der Waals surface area (Å²) in [6.45, 7) is 0.884. The van der Waals surface area contributed by atoms with E-state index in [0.717, 1.165) is 36.3 Å². The minimum absolute atomic E-state index is 0.220. The summed E-state index contributed by atoms with van der Waals surface area (Å²) in [7, 11) is -3.32. The highest BCUT2D eigenvalue weighted by Crippen LogP contribution is 2.26. The summed E-state index contributed by atoms with van der Waals surface area (Å²) in [5.41, 5.74) is 0.214. The Morgan fingerprint density at radius 1 is 1.09 bits per heavy atom. The highest BCUT2D eigenvalue weighted by atomic mass is 32.3. The predicted molar refractivity (Wildman–Crippen MR) is 120 cm³/mol. The lowest BCUT2D eigenvalue weighted by Gasteiger charge is -2.17. The van der Waals surface area contributed by atoms with Crippen molar-refractivity contribution in [3.8, 4) is 0 Å². The number of nitrogens with zero attached hydrogens (tertiary/aromatic N) is 3. The fourth-order valence-electron chi connectivity index (χ4n) is 3.75. The second kappa shape index (κ2) is 9.27. The molecule has 168 valence electrons. The number of carbonyl (C=O) groups is 1. The van der Waals surface area contributed by atoms with Crippen molar-refractivity contribution in [2.45, 2.75) is 37.1 Å². The molecule has 2 aromatic carbocycles. The summed E-state index contributed by atoms with van der Waals surface area (Å²) in [6, 6.07) is 9.85. The first-order valence-corrected chi connectivity index (χ1v) is 11.9. The molecule has 1 saturated heterocycles. The van der Waals surface area contributed by atoms with Gasteiger partial charge in [-0.25, -0.2) is 9.37 Å². The number of fused-ring (bicyclic) bond motifs is 1. The van der Waals surface area contributed by atoms with Crippen LogP contribution < -0.4 is 10.9 Å². The molecule has 1 unspecified atom stereocenters. The Morgan fingerprint density at radius 3 is 2.47 bits per heavy atom. The molecule has 8 nitrogen and oxygen atoms in total. The molecule has 32 heavy (non-hydrogen) atoms. The van der Waals surface area contributed by atoms with Gasteiger partial charge in [0.1, 0.15) is 12.4 Å². The number of nitrogens with one attached hydrogen (secondary N) is 1. The van der Waals surface area contributed by atoms with Crippen LogP contribution in [0, 0.1) is 5.82 Å². The van der Waals surface area contributed by atoms with E-state index in [2.05, 4.69) is 10.3 Å². The van der Waals surface area contributed by atoms with E-state index in [1.165, 1.54) is 30.6 Å². The zero-order valence-electron chi connectivity index (χ0n) is 17.4. The summed E-state index contributed by atoms with van der Waals surface area (Å²) in [5.74, 6) is -0.952. The summed E-state index contributed by atoms with van der Waals surface area (Å²) in [4.78, 5) is 29.3. The van der Waals surface area contributed by atoms with Gasteiger partial charge in [-0.15, -0.1) is 0 Å². The van der Waals surface area contributed by atoms with Crippen LogP contribution in [0.5, 0.6) is 0 Å². The van der Waals surface area contributed by atoms with Crippen LogP contribution in [-0.2, 0) is 25.9 Å². The molecule has 1 fully saturated rings. The molecule has 0 radical (unpaired) electrons. The first-order chi connectivity index (χ1) is 15.3. The van der Waals surface area contributed by atoms with Gasteiger partial charge in [0.05, 0.1) is 17.2 Å². The standard InChI is InChI=1S/C22H23FN4O4S/c23-16-5-10-19-20(13-16)24-15-26(22(19)29)14-21(28)25-17-6-8-18(9-7-17)32(30,31)27-11-3-1-2-4-12-27/h5-10,13,15H,1-4,11-12,14H2,(H-,25,28,30,31)/p+1. The number of hydrogen-bond donors (Lipinski definition) is 2. The van der Waals surface area contributed by atoms with Gasteiger partial charge in [-0.1, -0.05) is 17.1 Å². The average molecular weight is 460 g/mol. The van der Waals surface area contributed by atoms with Crippen LogP contribution in [0.15, 0.2) is 58.5 Å². The minimum atomic E-state index is -3.32. The highest BCUT2D eigenvalue weighted by molar-refractivity contribution is 7.95. The van der Waals surface area contributed by atoms with Crippen LogP contribution in [-0.4, -0.2) is 37.4 Å². The molecule has 1 amide bonds. The van der Waals surface area contributed by atoms with Gasteiger partial charge in [0, 0.05) is 37.0 Å². The van der Waals surface area contributed by atoms with Crippen LogP contribution >= 0.6 is 0 Å². The van der Waals surface area contributed by atoms with Crippen molar-refractivity contribution in [3.05, 3.63) is 65.0 Å². The Bertz CT molecular complexity index is 1240. The number of hydrogen-bond acceptors (Lipinski definition) is 4. The second-order valence-corrected chi connectivity index (χ2v) is 9.73. The monoisotopic (exact) mass is 459 g/mol. The number of aromatic nitrogens is 2. The van der Waals surface area contributed by atoms with Crippen molar-refractivity contribution in [3.63, 3.8) is 0 Å². The molecule has 1 atom stereocenters. The quantitative estimate of drug-likeness (QED) is 0.570. The van der Waals surface area contributed by atoms with Crippen molar-refractivity contribution >= 4 is 32.9 Å². The number of carbonyl (C=O) groups excluding carboxylic acids is 1. The van der Waals surface area contributed by atoms with Gasteiger partial charge in [0.2, 0.25) is 10.8 Å². The van der Waals surface area contributed by atoms with Gasteiger partial charge < -0.3 is 5.32 Å². The Balaban J connectivity index is 1.44. The summed E-state index contributed by atoms with van der Waals surface area (Å²) >= 11 is 0. The normalized spacial score (nSPS) is 16.9. The van der Waals surface area contributed by atoms with E-state index in [1.54, 1.807) is 16.4 Å². The van der Waals surface area contributed by atoms with Gasteiger partial charge in [-0.2, -0.15) is 4.55 Å². The van der Waals surface area contributed by atoms with Crippen molar-refractivity contribution < 1.29 is 17.9 Å². The number of rotatable bonds is 5. The molecule has 10 heteroatoms. The van der Waals surface area contributed by atoms with Gasteiger partial charge in [0.15, 0.2) is 0 Å². The van der Waals surface area contributed by atoms with Crippen molar-refractivity contribution in [1.29, 1.82) is 0 Å². The molecule has 2 heterocycles. The van der Waals surface area contributed by atoms with Crippen molar-refractivity contribution in [2.75, 3.05) is 18.4 Å². The van der Waals surface area contributed by atoms with Gasteiger partial charge >= 0.3 is 10.4 Å². The molecule has 3 aromatic rings. The van der Waals surface area contributed by atoms with Crippen LogP contribution in [0.25, 0.3) is 10.9 Å². The molecule has 0 bridgehead atoms. The maximum atomic E-state index is 13.3. The topological polar surface area (TPSA) is 105 Å². The third-order valence-electron chi connectivity index (χ3n) is 5.46. The molecule has 1 aromatic heterocycles. The molecular weight excluding hydrogens is 435 g/mol. The molecule has 4 rings (SSSR count). The molecular formula is C22H24FN4O4S+. The largest absolute Gasteiger partial charge is 0.325 e. The van der Waals surface area contributed by atoms with Crippen LogP contribution in [0.3, 0.4) is 0 Å². The summed E-state index contributed by atoms with van der Waals surface area (Å²) in [6.07, 6.45) is 5.11. The van der Waals surface area contributed by atoms with E-state index >= 15 is 0 Å². The SMILES string of the molecule is O=C(Cn1cnc2cc(F)ccc2c1=O)Nc1ccc([S+](=O)(O)N2CCCCCC2)cc1. The van der Waals surface area contributed by atoms with E-state index in [4.69, 9.17) is 0 Å². The molecule has 1 aliphatic rings. The molecule has 1 aliphatic heterocycles. The summed E-state index contributed by atoms with van der Waals surface area (Å²) in [5, 5.41) is 2.89. The van der Waals surface area contributed by atoms with Gasteiger partial charge in [0.25, 0.3) is 5.56 Å². The number of halogens is 1. The zero-order chi connectivity index (χ0) is 22.7. The highest BCUT2D eigenvalue weighted by Gasteiger charge is 2.38. The van der Waals surface area contributed by atoms with E-state index in [-0.39, 0.29) is 17.4 Å². The average Bonchev–Trinajstić information content (AvgIpc) is 3.06. The molecule has 0 aliphatic carbocycles. The molecule has 2 N–H and O–H groups in total. The number of anilines is 1. The van der Waals surface area contributed by atoms with Crippen LogP contribution in [0.4, 0.5) is 10.1 Å². The second-order valence-electron chi connectivity index (χ2n) is 7.75. The Labute approximate surface area is 185 Å². The maximum absolute atomic E-state index is 13.3. The first kappa shape index (κ1) is 22.3. The van der Waals surface area contributed by atoms with Crippen molar-refractivity contribution in [1.82, 2.24) is 13.9 Å². The van der Waals surface area contributed by atoms with E-state index in [0.29, 0.717) is 23.7 Å². The van der Waals surface area contributed by atoms with Crippen LogP contribution in [0.1, 0.15) is 25.7 Å². The van der Waals surface area contributed by atoms with Gasteiger partial charge in [-0.3, -0.25) is 14.2 Å². The summed E-state index contributed by atoms with van der Waals surface area (Å²) < 4.78 is 39.7. The van der Waals surface area contributed by atoms with Crippen molar-refractivity contribution in [2.24, 2.45) is 0 Å². The van der Waals surface area contributed by atoms with Gasteiger partial charge in [-0.05, 0) is 41.3 Å². The van der Waals surface area contributed by atoms with E-state index < -0.39 is 27.7 Å². The fourth-order valence-corrected chi connectivity index (χ4v) is 5.30. The first-order valence-electron chi connectivity index (χ1n) is 10.4. The predicted octanol–water partition coefficient (Wildman–Crippen LogP) is 3.30. The maximum Gasteiger partial charge on any atom is 0.325 e. The Kier molecular flexibility index (Phi) is 6.45. The Morgan fingerprint density at radius 2 is 1.78 bits per heavy atom.